The van der Waals surface area contributed by atoms with E-state index >= 15 is 0 Å². The van der Waals surface area contributed by atoms with Gasteiger partial charge >= 0.3 is 0 Å². The minimum atomic E-state index is -0.271. The normalized spacial score (nSPS) is 10.5. The van der Waals surface area contributed by atoms with Crippen LogP contribution in [0.25, 0.3) is 22.4 Å². The maximum absolute atomic E-state index is 12.9. The molecule has 0 aliphatic rings. The molecule has 0 radical (unpaired) electrons. The quantitative estimate of drug-likeness (QED) is 0.687. The van der Waals surface area contributed by atoms with Crippen molar-refractivity contribution in [2.75, 3.05) is 0 Å². The van der Waals surface area contributed by atoms with Crippen LogP contribution in [0, 0.1) is 5.82 Å². The first-order valence-electron chi connectivity index (χ1n) is 5.45. The van der Waals surface area contributed by atoms with E-state index < -0.39 is 0 Å². The number of rotatable bonds is 2. The molecule has 0 bridgehead atoms. The molecule has 3 aromatic rings. The summed E-state index contributed by atoms with van der Waals surface area (Å²) in [6, 6.07) is 9.91. The van der Waals surface area contributed by atoms with Crippen molar-refractivity contribution in [3.63, 3.8) is 0 Å². The average molecular weight is 240 g/mol. The number of hydrogen-bond acceptors (Lipinski definition) is 3. The summed E-state index contributed by atoms with van der Waals surface area (Å²) >= 11 is 0. The highest BCUT2D eigenvalue weighted by molar-refractivity contribution is 5.79. The van der Waals surface area contributed by atoms with Crippen molar-refractivity contribution in [3.05, 3.63) is 60.9 Å². The van der Waals surface area contributed by atoms with Crippen LogP contribution in [0.4, 0.5) is 4.39 Å². The summed E-state index contributed by atoms with van der Waals surface area (Å²) in [6.07, 6.45) is 4.99. The van der Waals surface area contributed by atoms with E-state index in [0.717, 1.165) is 16.7 Å². The molecule has 1 aromatic carbocycles. The topological polar surface area (TPSA) is 38.9 Å². The number of nitrogens with zero attached hydrogens (tertiary/aromatic N) is 2. The standard InChI is InChI=1S/C14H9FN2O/c15-12-3-1-11(2-4-12)14-13(9-18-17-14)10-5-7-16-8-6-10/h1-9H. The number of halogens is 1. The minimum absolute atomic E-state index is 0.271. The Labute approximate surface area is 103 Å². The van der Waals surface area contributed by atoms with Crippen molar-refractivity contribution in [3.8, 4) is 22.4 Å². The molecule has 0 atom stereocenters. The number of hydrogen-bond donors (Lipinski definition) is 0. The van der Waals surface area contributed by atoms with Gasteiger partial charge in [-0.25, -0.2) is 4.39 Å². The molecule has 3 rings (SSSR count). The first-order chi connectivity index (χ1) is 8.84. The fourth-order valence-corrected chi connectivity index (χ4v) is 1.79. The van der Waals surface area contributed by atoms with Crippen molar-refractivity contribution in [1.29, 1.82) is 0 Å². The van der Waals surface area contributed by atoms with E-state index in [4.69, 9.17) is 4.52 Å². The van der Waals surface area contributed by atoms with Gasteiger partial charge in [0.25, 0.3) is 0 Å². The minimum Gasteiger partial charge on any atom is -0.363 e. The summed E-state index contributed by atoms with van der Waals surface area (Å²) in [7, 11) is 0. The molecule has 0 fully saturated rings. The third-order valence-corrected chi connectivity index (χ3v) is 2.68. The Hall–Kier alpha value is -2.49. The van der Waals surface area contributed by atoms with Crippen molar-refractivity contribution in [2.24, 2.45) is 0 Å². The van der Waals surface area contributed by atoms with Crippen molar-refractivity contribution in [2.45, 2.75) is 0 Å². The van der Waals surface area contributed by atoms with Crippen molar-refractivity contribution < 1.29 is 8.91 Å². The SMILES string of the molecule is Fc1ccc(-c2nocc2-c2ccncc2)cc1. The molecule has 0 saturated carbocycles. The maximum Gasteiger partial charge on any atom is 0.132 e. The van der Waals surface area contributed by atoms with Crippen molar-refractivity contribution >= 4 is 0 Å². The second kappa shape index (κ2) is 4.41. The fraction of sp³-hybridized carbons (Fsp3) is 0. The Morgan fingerprint density at radius 2 is 1.61 bits per heavy atom. The van der Waals surface area contributed by atoms with Crippen LogP contribution in [0.5, 0.6) is 0 Å². The van der Waals surface area contributed by atoms with Gasteiger partial charge in [-0.05, 0) is 42.0 Å². The first-order valence-corrected chi connectivity index (χ1v) is 5.45. The van der Waals surface area contributed by atoms with Crippen LogP contribution in [0.3, 0.4) is 0 Å². The molecule has 0 aliphatic carbocycles. The zero-order chi connectivity index (χ0) is 12.4. The molecule has 18 heavy (non-hydrogen) atoms. The third kappa shape index (κ3) is 1.88. The van der Waals surface area contributed by atoms with Crippen LogP contribution in [0.15, 0.2) is 59.6 Å². The van der Waals surface area contributed by atoms with Gasteiger partial charge in [0, 0.05) is 23.5 Å². The number of aromatic nitrogens is 2. The Balaban J connectivity index is 2.10. The first kappa shape index (κ1) is 10.7. The summed E-state index contributed by atoms with van der Waals surface area (Å²) in [5.74, 6) is -0.271. The van der Waals surface area contributed by atoms with Crippen LogP contribution in [-0.2, 0) is 0 Å². The second-order valence-corrected chi connectivity index (χ2v) is 3.82. The highest BCUT2D eigenvalue weighted by atomic mass is 19.1. The van der Waals surface area contributed by atoms with Crippen LogP contribution in [-0.4, -0.2) is 10.1 Å². The highest BCUT2D eigenvalue weighted by Crippen LogP contribution is 2.30. The van der Waals surface area contributed by atoms with Gasteiger partial charge in [0.15, 0.2) is 0 Å². The molecule has 0 aliphatic heterocycles. The lowest BCUT2D eigenvalue weighted by Crippen LogP contribution is -1.83. The van der Waals surface area contributed by atoms with Gasteiger partial charge in [0.1, 0.15) is 17.8 Å². The molecular weight excluding hydrogens is 231 g/mol. The largest absolute Gasteiger partial charge is 0.363 e. The Morgan fingerprint density at radius 1 is 0.889 bits per heavy atom. The van der Waals surface area contributed by atoms with E-state index in [-0.39, 0.29) is 5.82 Å². The molecule has 2 heterocycles. The summed E-state index contributed by atoms with van der Waals surface area (Å²) < 4.78 is 17.9. The van der Waals surface area contributed by atoms with E-state index in [1.54, 1.807) is 30.8 Å². The lowest BCUT2D eigenvalue weighted by Gasteiger charge is -2.01. The van der Waals surface area contributed by atoms with Gasteiger partial charge in [0.2, 0.25) is 0 Å². The van der Waals surface area contributed by atoms with Gasteiger partial charge < -0.3 is 4.52 Å². The maximum atomic E-state index is 12.9. The smallest absolute Gasteiger partial charge is 0.132 e. The van der Waals surface area contributed by atoms with Crippen LogP contribution >= 0.6 is 0 Å². The molecule has 0 saturated heterocycles. The van der Waals surface area contributed by atoms with Crippen LogP contribution in [0.1, 0.15) is 0 Å². The molecule has 2 aromatic heterocycles. The van der Waals surface area contributed by atoms with E-state index in [1.807, 2.05) is 12.1 Å². The Morgan fingerprint density at radius 3 is 2.33 bits per heavy atom. The zero-order valence-electron chi connectivity index (χ0n) is 9.38. The zero-order valence-corrected chi connectivity index (χ0v) is 9.38. The van der Waals surface area contributed by atoms with Gasteiger partial charge in [0.05, 0.1) is 0 Å². The highest BCUT2D eigenvalue weighted by Gasteiger charge is 2.11. The summed E-state index contributed by atoms with van der Waals surface area (Å²) in [5.41, 5.74) is 3.34. The molecule has 3 nitrogen and oxygen atoms in total. The average Bonchev–Trinajstić information content (AvgIpc) is 2.90. The third-order valence-electron chi connectivity index (χ3n) is 2.68. The predicted octanol–water partition coefficient (Wildman–Crippen LogP) is 3.54. The van der Waals surface area contributed by atoms with Gasteiger partial charge in [-0.1, -0.05) is 5.16 Å². The number of benzene rings is 1. The number of pyridine rings is 1. The molecular formula is C14H9FN2O. The fourth-order valence-electron chi connectivity index (χ4n) is 1.79. The lowest BCUT2D eigenvalue weighted by molar-refractivity contribution is 0.422. The van der Waals surface area contributed by atoms with Gasteiger partial charge in [-0.2, -0.15) is 0 Å². The van der Waals surface area contributed by atoms with Gasteiger partial charge in [-0.15, -0.1) is 0 Å². The van der Waals surface area contributed by atoms with Crippen LogP contribution in [0.2, 0.25) is 0 Å². The Bertz CT molecular complexity index is 647. The molecule has 0 amide bonds. The molecule has 0 spiro atoms. The summed E-state index contributed by atoms with van der Waals surface area (Å²) in [4.78, 5) is 3.97. The summed E-state index contributed by atoms with van der Waals surface area (Å²) in [5, 5.41) is 3.97. The van der Waals surface area contributed by atoms with Crippen LogP contribution < -0.4 is 0 Å². The van der Waals surface area contributed by atoms with E-state index in [1.165, 1.54) is 12.1 Å². The second-order valence-electron chi connectivity index (χ2n) is 3.82. The van der Waals surface area contributed by atoms with E-state index in [2.05, 4.69) is 10.1 Å². The van der Waals surface area contributed by atoms with Gasteiger partial charge in [-0.3, -0.25) is 4.98 Å². The Kier molecular flexibility index (Phi) is 2.61. The van der Waals surface area contributed by atoms with E-state index in [0.29, 0.717) is 5.69 Å². The van der Waals surface area contributed by atoms with Crippen molar-refractivity contribution in [1.82, 2.24) is 10.1 Å². The molecule has 4 heteroatoms. The lowest BCUT2D eigenvalue weighted by atomic mass is 10.0. The monoisotopic (exact) mass is 240 g/mol. The predicted molar refractivity (Wildman–Crippen MR) is 65.1 cm³/mol. The molecule has 0 unspecified atom stereocenters. The molecule has 0 N–H and O–H groups in total. The summed E-state index contributed by atoms with van der Waals surface area (Å²) in [6.45, 7) is 0. The van der Waals surface area contributed by atoms with E-state index in [9.17, 15) is 4.39 Å². The molecule has 88 valence electrons.